The number of rotatable bonds is 7. The van der Waals surface area contributed by atoms with Crippen LogP contribution in [0.25, 0.3) is 0 Å². The minimum absolute atomic E-state index is 0. The Morgan fingerprint density at radius 2 is 1.75 bits per heavy atom. The number of aliphatic carboxylic acids is 2. The molecule has 0 bridgehead atoms. The third-order valence-electron chi connectivity index (χ3n) is 1.65. The molecule has 0 aliphatic carbocycles. The average Bonchev–Trinajstić information content (AvgIpc) is 2.00. The van der Waals surface area contributed by atoms with Crippen LogP contribution in [0.3, 0.4) is 0 Å². The molecule has 2 N–H and O–H groups in total. The zero-order valence-electron chi connectivity index (χ0n) is 12.4. The first-order valence-corrected chi connectivity index (χ1v) is 4.49. The summed E-state index contributed by atoms with van der Waals surface area (Å²) in [6.07, 6.45) is -0.997. The maximum absolute atomic E-state index is 10.5. The van der Waals surface area contributed by atoms with Crippen molar-refractivity contribution >= 4 is 11.9 Å². The maximum Gasteiger partial charge on any atom is 1.00 e. The van der Waals surface area contributed by atoms with Crippen molar-refractivity contribution in [2.75, 3.05) is 6.61 Å². The summed E-state index contributed by atoms with van der Waals surface area (Å²) in [5, 5.41) is 17.0. The van der Waals surface area contributed by atoms with E-state index in [2.05, 4.69) is 0 Å². The molecule has 0 fully saturated rings. The van der Waals surface area contributed by atoms with Gasteiger partial charge in [0.25, 0.3) is 0 Å². The molecule has 5 nitrogen and oxygen atoms in total. The fraction of sp³-hybridized carbons (Fsp3) is 0.778. The Morgan fingerprint density at radius 1 is 1.25 bits per heavy atom. The Balaban J connectivity index is -0.000000141. The minimum atomic E-state index is -1.23. The van der Waals surface area contributed by atoms with Gasteiger partial charge in [-0.2, -0.15) is 0 Å². The third kappa shape index (κ3) is 12.2. The van der Waals surface area contributed by atoms with Crippen LogP contribution in [0.2, 0.25) is 0 Å². The molecule has 0 heterocycles. The molecular weight excluding hydrogens is 202 g/mol. The molecule has 16 heavy (non-hydrogen) atoms. The van der Waals surface area contributed by atoms with Crippen LogP contribution in [0.1, 0.15) is 29.5 Å². The number of hydrogen-bond acceptors (Lipinski definition) is 3. The molecule has 0 aromatic heterocycles. The monoisotopic (exact) mass is 220 g/mol. The van der Waals surface area contributed by atoms with Crippen LogP contribution in [-0.2, 0) is 14.3 Å². The van der Waals surface area contributed by atoms with E-state index >= 15 is 0 Å². The summed E-state index contributed by atoms with van der Waals surface area (Å²) >= 11 is 0. The second kappa shape index (κ2) is 11.6. The molecule has 0 aliphatic rings. The summed E-state index contributed by atoms with van der Waals surface area (Å²) in [5.74, 6) is -1.98. The Bertz CT molecular complexity index is 217. The Morgan fingerprint density at radius 3 is 2.06 bits per heavy atom. The fourth-order valence-corrected chi connectivity index (χ4v) is 0.822. The van der Waals surface area contributed by atoms with E-state index in [0.29, 0.717) is 5.92 Å². The molecule has 0 amide bonds. The first-order valence-electron chi connectivity index (χ1n) is 4.49. The van der Waals surface area contributed by atoms with E-state index in [-0.39, 0.29) is 47.2 Å². The average molecular weight is 220 g/mol. The predicted molar refractivity (Wildman–Crippen MR) is 51.3 cm³/mol. The maximum atomic E-state index is 10.5. The van der Waals surface area contributed by atoms with Crippen molar-refractivity contribution in [1.82, 2.24) is 0 Å². The molecule has 0 aliphatic heterocycles. The Labute approximate surface area is 122 Å². The minimum Gasteiger partial charge on any atom is -1.00 e. The predicted octanol–water partition coefficient (Wildman–Crippen LogP) is -4.79. The number of hydrogen-bond donors (Lipinski definition) is 2. The van der Waals surface area contributed by atoms with Gasteiger partial charge in [-0.15, -0.1) is 0 Å². The molecule has 0 radical (unpaired) electrons. The molecule has 0 saturated heterocycles. The smallest absolute Gasteiger partial charge is 1.00 e. The normalized spacial score (nSPS) is 11.2. The van der Waals surface area contributed by atoms with Gasteiger partial charge in [-0.05, 0) is 12.3 Å². The van der Waals surface area contributed by atoms with Crippen LogP contribution in [0.15, 0.2) is 0 Å². The molecule has 0 aromatic carbocycles. The summed E-state index contributed by atoms with van der Waals surface area (Å²) in [6, 6.07) is 0. The molecule has 0 spiro atoms. The molecular formula is C9H18Li2O5. The fourth-order valence-electron chi connectivity index (χ4n) is 0.822. The van der Waals surface area contributed by atoms with Gasteiger partial charge in [-0.3, -0.25) is 4.79 Å². The van der Waals surface area contributed by atoms with Gasteiger partial charge in [0.05, 0.1) is 6.42 Å². The van der Waals surface area contributed by atoms with Crippen LogP contribution < -0.4 is 37.7 Å². The SMILES string of the molecule is CC(C)CCOC(CC(=O)O)C(=O)O.[H-].[H-].[Li+].[Li+]. The van der Waals surface area contributed by atoms with Crippen molar-refractivity contribution in [1.29, 1.82) is 0 Å². The van der Waals surface area contributed by atoms with Gasteiger partial charge in [-0.1, -0.05) is 13.8 Å². The summed E-state index contributed by atoms with van der Waals surface area (Å²) < 4.78 is 4.94. The zero-order chi connectivity index (χ0) is 11.1. The van der Waals surface area contributed by atoms with Crippen LogP contribution in [0.4, 0.5) is 0 Å². The third-order valence-corrected chi connectivity index (χ3v) is 1.65. The van der Waals surface area contributed by atoms with Gasteiger partial charge in [0.1, 0.15) is 0 Å². The number of ether oxygens (including phenoxy) is 1. The van der Waals surface area contributed by atoms with Crippen molar-refractivity contribution in [3.63, 3.8) is 0 Å². The second-order valence-electron chi connectivity index (χ2n) is 3.48. The van der Waals surface area contributed by atoms with E-state index in [1.165, 1.54) is 0 Å². The van der Waals surface area contributed by atoms with Crippen molar-refractivity contribution < 1.29 is 65.1 Å². The number of carbonyl (C=O) groups is 2. The Kier molecular flexibility index (Phi) is 15.5. The first kappa shape index (κ1) is 21.4. The summed E-state index contributed by atoms with van der Waals surface area (Å²) in [4.78, 5) is 20.8. The first-order chi connectivity index (χ1) is 6.43. The molecule has 0 aromatic rings. The largest absolute Gasteiger partial charge is 1.00 e. The summed E-state index contributed by atoms with van der Waals surface area (Å²) in [7, 11) is 0. The summed E-state index contributed by atoms with van der Waals surface area (Å²) in [5.41, 5.74) is 0. The van der Waals surface area contributed by atoms with Gasteiger partial charge in [-0.25, -0.2) is 4.79 Å². The molecule has 7 heteroatoms. The molecule has 86 valence electrons. The van der Waals surface area contributed by atoms with Crippen LogP contribution >= 0.6 is 0 Å². The topological polar surface area (TPSA) is 83.8 Å². The molecule has 0 rings (SSSR count). The van der Waals surface area contributed by atoms with Gasteiger partial charge >= 0.3 is 49.7 Å². The van der Waals surface area contributed by atoms with Crippen LogP contribution in [-0.4, -0.2) is 34.9 Å². The molecule has 1 unspecified atom stereocenters. The van der Waals surface area contributed by atoms with E-state index < -0.39 is 24.5 Å². The van der Waals surface area contributed by atoms with Gasteiger partial charge in [0, 0.05) is 6.61 Å². The van der Waals surface area contributed by atoms with E-state index in [0.717, 1.165) is 6.42 Å². The van der Waals surface area contributed by atoms with Crippen LogP contribution in [0.5, 0.6) is 0 Å². The van der Waals surface area contributed by atoms with Crippen molar-refractivity contribution in [3.05, 3.63) is 0 Å². The molecule has 1 atom stereocenters. The number of carboxylic acids is 2. The molecule has 0 saturated carbocycles. The van der Waals surface area contributed by atoms with E-state index in [1.54, 1.807) is 0 Å². The Hall–Kier alpha value is 0.0948. The van der Waals surface area contributed by atoms with Crippen molar-refractivity contribution in [3.8, 4) is 0 Å². The second-order valence-corrected chi connectivity index (χ2v) is 3.48. The van der Waals surface area contributed by atoms with Crippen molar-refractivity contribution in [2.24, 2.45) is 5.92 Å². The van der Waals surface area contributed by atoms with Crippen LogP contribution in [0, 0.1) is 5.92 Å². The summed E-state index contributed by atoms with van der Waals surface area (Å²) in [6.45, 7) is 4.24. The van der Waals surface area contributed by atoms with E-state index in [1.807, 2.05) is 13.8 Å². The van der Waals surface area contributed by atoms with E-state index in [9.17, 15) is 9.59 Å². The van der Waals surface area contributed by atoms with Gasteiger partial charge in [0.15, 0.2) is 6.10 Å². The standard InChI is InChI=1S/C9H16O5.2Li.2H/c1-6(2)3-4-14-7(9(12)13)5-8(10)11;;;;/h6-7H,3-5H2,1-2H3,(H,10,11)(H,12,13);;;;/q;2*+1;2*-1. The van der Waals surface area contributed by atoms with Gasteiger partial charge in [0.2, 0.25) is 0 Å². The zero-order valence-corrected chi connectivity index (χ0v) is 10.4. The van der Waals surface area contributed by atoms with E-state index in [4.69, 9.17) is 14.9 Å². The quantitative estimate of drug-likeness (QED) is 0.421. The van der Waals surface area contributed by atoms with Crippen molar-refractivity contribution in [2.45, 2.75) is 32.8 Å². The van der Waals surface area contributed by atoms with Gasteiger partial charge < -0.3 is 17.8 Å². The number of carboxylic acid groups (broad SMARTS) is 2.